The number of hydrogen-bond donors (Lipinski definition) is 1. The number of likely N-dealkylation sites (tertiary alicyclic amines) is 1. The van der Waals surface area contributed by atoms with Crippen molar-refractivity contribution < 1.29 is 5.11 Å². The predicted octanol–water partition coefficient (Wildman–Crippen LogP) is 1.04. The first-order chi connectivity index (χ1) is 10.8. The van der Waals surface area contributed by atoms with Crippen LogP contribution in [0.25, 0.3) is 0 Å². The van der Waals surface area contributed by atoms with Crippen molar-refractivity contribution in [2.75, 3.05) is 13.1 Å². The van der Waals surface area contributed by atoms with E-state index in [1.165, 1.54) is 12.8 Å². The molecular formula is C16H21N5O. The fourth-order valence-corrected chi connectivity index (χ4v) is 3.33. The second-order valence-corrected chi connectivity index (χ2v) is 6.40. The normalized spacial score (nSPS) is 25.7. The van der Waals surface area contributed by atoms with Crippen LogP contribution in [0.4, 0.5) is 0 Å². The first-order valence-corrected chi connectivity index (χ1v) is 7.96. The molecule has 116 valence electrons. The van der Waals surface area contributed by atoms with Gasteiger partial charge in [0.1, 0.15) is 5.82 Å². The lowest BCUT2D eigenvalue weighted by molar-refractivity contribution is 0.140. The van der Waals surface area contributed by atoms with Crippen molar-refractivity contribution in [1.29, 1.82) is 0 Å². The third kappa shape index (κ3) is 2.89. The molecule has 6 nitrogen and oxygen atoms in total. The van der Waals surface area contributed by atoms with Crippen LogP contribution in [0.2, 0.25) is 0 Å². The van der Waals surface area contributed by atoms with E-state index < -0.39 is 0 Å². The summed E-state index contributed by atoms with van der Waals surface area (Å²) in [7, 11) is 0. The Hall–Kier alpha value is -1.79. The average Bonchev–Trinajstić information content (AvgIpc) is 3.18. The number of aromatic nitrogens is 4. The van der Waals surface area contributed by atoms with Crippen LogP contribution < -0.4 is 0 Å². The number of aliphatic hydroxyl groups excluding tert-OH is 1. The molecule has 2 fully saturated rings. The summed E-state index contributed by atoms with van der Waals surface area (Å²) < 4.78 is 2.29. The Morgan fingerprint density at radius 3 is 2.82 bits per heavy atom. The van der Waals surface area contributed by atoms with Crippen LogP contribution in [-0.4, -0.2) is 48.7 Å². The van der Waals surface area contributed by atoms with E-state index in [0.717, 1.165) is 31.0 Å². The Labute approximate surface area is 129 Å². The lowest BCUT2D eigenvalue weighted by Crippen LogP contribution is -2.23. The summed E-state index contributed by atoms with van der Waals surface area (Å²) in [6.07, 6.45) is 12.2. The molecule has 1 saturated heterocycles. The molecule has 2 aromatic heterocycles. The molecule has 3 heterocycles. The predicted molar refractivity (Wildman–Crippen MR) is 81.0 cm³/mol. The quantitative estimate of drug-likeness (QED) is 0.893. The Morgan fingerprint density at radius 1 is 1.14 bits per heavy atom. The maximum Gasteiger partial charge on any atom is 0.123 e. The summed E-state index contributed by atoms with van der Waals surface area (Å²) in [5, 5.41) is 10.3. The number of nitrogens with zero attached hydrogens (tertiary/aromatic N) is 5. The van der Waals surface area contributed by atoms with Gasteiger partial charge in [0.2, 0.25) is 0 Å². The van der Waals surface area contributed by atoms with Crippen molar-refractivity contribution >= 4 is 0 Å². The third-order valence-corrected chi connectivity index (χ3v) is 4.62. The number of imidazole rings is 1. The highest BCUT2D eigenvalue weighted by atomic mass is 16.3. The Bertz CT molecular complexity index is 624. The zero-order chi connectivity index (χ0) is 14.9. The topological polar surface area (TPSA) is 67.1 Å². The highest BCUT2D eigenvalue weighted by Crippen LogP contribution is 2.36. The van der Waals surface area contributed by atoms with E-state index in [4.69, 9.17) is 0 Å². The Kier molecular flexibility index (Phi) is 3.63. The van der Waals surface area contributed by atoms with Gasteiger partial charge >= 0.3 is 0 Å². The summed E-state index contributed by atoms with van der Waals surface area (Å²) in [4.78, 5) is 15.2. The van der Waals surface area contributed by atoms with Crippen LogP contribution in [0, 0.1) is 5.92 Å². The van der Waals surface area contributed by atoms with Crippen molar-refractivity contribution in [3.05, 3.63) is 42.5 Å². The zero-order valence-corrected chi connectivity index (χ0v) is 12.5. The zero-order valence-electron chi connectivity index (χ0n) is 12.5. The van der Waals surface area contributed by atoms with Crippen molar-refractivity contribution in [2.24, 2.45) is 5.92 Å². The molecule has 0 amide bonds. The van der Waals surface area contributed by atoms with E-state index in [1.54, 1.807) is 18.6 Å². The molecule has 2 aliphatic rings. The molecule has 0 aromatic carbocycles. The van der Waals surface area contributed by atoms with E-state index in [0.29, 0.717) is 12.6 Å². The fraction of sp³-hybridized carbons (Fsp3) is 0.562. The minimum atomic E-state index is -0.300. The molecule has 1 saturated carbocycles. The molecule has 0 bridgehead atoms. The van der Waals surface area contributed by atoms with Gasteiger partial charge in [-0.1, -0.05) is 0 Å². The van der Waals surface area contributed by atoms with E-state index >= 15 is 0 Å². The fourth-order valence-electron chi connectivity index (χ4n) is 3.33. The molecule has 0 radical (unpaired) electrons. The minimum absolute atomic E-state index is 0.223. The van der Waals surface area contributed by atoms with Crippen molar-refractivity contribution in [3.63, 3.8) is 0 Å². The second kappa shape index (κ2) is 5.78. The van der Waals surface area contributed by atoms with Gasteiger partial charge in [0.15, 0.2) is 0 Å². The van der Waals surface area contributed by atoms with Crippen LogP contribution in [0.1, 0.15) is 30.4 Å². The summed E-state index contributed by atoms with van der Waals surface area (Å²) in [6, 6.07) is 0.653. The maximum atomic E-state index is 10.3. The molecule has 1 N–H and O–H groups in total. The van der Waals surface area contributed by atoms with Crippen molar-refractivity contribution in [2.45, 2.75) is 38.0 Å². The van der Waals surface area contributed by atoms with Crippen molar-refractivity contribution in [3.8, 4) is 0 Å². The Balaban J connectivity index is 1.39. The average molecular weight is 299 g/mol. The lowest BCUT2D eigenvalue weighted by Gasteiger charge is -2.16. The van der Waals surface area contributed by atoms with E-state index in [1.807, 2.05) is 6.20 Å². The molecule has 22 heavy (non-hydrogen) atoms. The molecule has 0 spiro atoms. The van der Waals surface area contributed by atoms with Crippen LogP contribution in [0.3, 0.4) is 0 Å². The molecule has 2 aromatic rings. The van der Waals surface area contributed by atoms with Gasteiger partial charge in [0, 0.05) is 56.0 Å². The largest absolute Gasteiger partial charge is 0.391 e. The van der Waals surface area contributed by atoms with Gasteiger partial charge in [-0.25, -0.2) is 4.98 Å². The molecule has 4 rings (SSSR count). The van der Waals surface area contributed by atoms with Gasteiger partial charge in [-0.15, -0.1) is 0 Å². The summed E-state index contributed by atoms with van der Waals surface area (Å²) in [5.74, 6) is 1.34. The number of β-amino-alcohol motifs (C(OH)–C–C–N with tert-alkyl or cyclic N) is 1. The van der Waals surface area contributed by atoms with Crippen LogP contribution in [0.15, 0.2) is 31.0 Å². The van der Waals surface area contributed by atoms with E-state index in [9.17, 15) is 5.11 Å². The monoisotopic (exact) mass is 299 g/mol. The minimum Gasteiger partial charge on any atom is -0.391 e. The van der Waals surface area contributed by atoms with Crippen LogP contribution in [0.5, 0.6) is 0 Å². The molecule has 1 aliphatic heterocycles. The van der Waals surface area contributed by atoms with E-state index in [-0.39, 0.29) is 12.0 Å². The molecular weight excluding hydrogens is 278 g/mol. The SMILES string of the molecule is O[C@@H]1CN(Cc2nccn2C2CC2)C[C@H]1Cc1cnccn1. The number of aliphatic hydroxyl groups is 1. The highest BCUT2D eigenvalue weighted by molar-refractivity contribution is 5.03. The lowest BCUT2D eigenvalue weighted by atomic mass is 10.0. The van der Waals surface area contributed by atoms with Gasteiger partial charge in [-0.05, 0) is 19.3 Å². The first kappa shape index (κ1) is 13.8. The van der Waals surface area contributed by atoms with Gasteiger partial charge in [0.25, 0.3) is 0 Å². The second-order valence-electron chi connectivity index (χ2n) is 6.40. The van der Waals surface area contributed by atoms with E-state index in [2.05, 4.69) is 30.6 Å². The molecule has 1 aliphatic carbocycles. The summed E-state index contributed by atoms with van der Waals surface area (Å²) in [6.45, 7) is 2.41. The van der Waals surface area contributed by atoms with Crippen LogP contribution >= 0.6 is 0 Å². The standard InChI is InChI=1S/C16H21N5O/c22-15-10-20(9-12(15)7-13-8-17-3-4-18-13)11-16-19-5-6-21(16)14-1-2-14/h3-6,8,12,14-15,22H,1-2,7,9-11H2/t12-,15-/m1/s1. The highest BCUT2D eigenvalue weighted by Gasteiger charge is 2.33. The van der Waals surface area contributed by atoms with Crippen molar-refractivity contribution in [1.82, 2.24) is 24.4 Å². The maximum absolute atomic E-state index is 10.3. The van der Waals surface area contributed by atoms with Gasteiger partial charge in [0.05, 0.1) is 18.3 Å². The smallest absolute Gasteiger partial charge is 0.123 e. The molecule has 2 atom stereocenters. The molecule has 6 heteroatoms. The van der Waals surface area contributed by atoms with Gasteiger partial charge in [-0.2, -0.15) is 0 Å². The van der Waals surface area contributed by atoms with Crippen LogP contribution in [-0.2, 0) is 13.0 Å². The first-order valence-electron chi connectivity index (χ1n) is 7.96. The van der Waals surface area contributed by atoms with Gasteiger partial charge < -0.3 is 9.67 Å². The van der Waals surface area contributed by atoms with Gasteiger partial charge in [-0.3, -0.25) is 14.9 Å². The molecule has 0 unspecified atom stereocenters. The number of hydrogen-bond acceptors (Lipinski definition) is 5. The Morgan fingerprint density at radius 2 is 2.05 bits per heavy atom. The number of rotatable bonds is 5. The summed E-state index contributed by atoms with van der Waals surface area (Å²) >= 11 is 0. The third-order valence-electron chi connectivity index (χ3n) is 4.62. The summed E-state index contributed by atoms with van der Waals surface area (Å²) in [5.41, 5.74) is 0.952.